The van der Waals surface area contributed by atoms with Crippen molar-refractivity contribution in [1.82, 2.24) is 10.6 Å². The molecule has 0 spiro atoms. The van der Waals surface area contributed by atoms with Crippen molar-refractivity contribution in [2.75, 3.05) is 7.11 Å². The Labute approximate surface area is 106 Å². The molecule has 0 saturated heterocycles. The SMILES string of the molecule is [C-]#[N+][C@@H](C)C(=O)N[C@@H](C)C(=O)N[C@@H](C)C(=O)OC. The highest BCUT2D eigenvalue weighted by Crippen LogP contribution is 1.93. The Morgan fingerprint density at radius 1 is 1.06 bits per heavy atom. The summed E-state index contributed by atoms with van der Waals surface area (Å²) in [6.07, 6.45) is 0. The number of nitrogens with zero attached hydrogens (tertiary/aromatic N) is 1. The van der Waals surface area contributed by atoms with Crippen LogP contribution in [0.5, 0.6) is 0 Å². The average Bonchev–Trinajstić information content (AvgIpc) is 2.35. The predicted octanol–water partition coefficient (Wildman–Crippen LogP) is -0.523. The standard InChI is InChI=1S/C11H17N3O4/c1-6(12-4)9(15)13-7(2)10(16)14-8(3)11(17)18-5/h6-8H,1-3,5H3,(H,13,15)(H,14,16)/t6-,7-,8-/m0/s1. The molecule has 2 amide bonds. The van der Waals surface area contributed by atoms with Crippen molar-refractivity contribution in [3.05, 3.63) is 11.4 Å². The first-order chi connectivity index (χ1) is 8.33. The van der Waals surface area contributed by atoms with Crippen LogP contribution in [0.1, 0.15) is 20.8 Å². The van der Waals surface area contributed by atoms with Gasteiger partial charge in [0.15, 0.2) is 0 Å². The second-order valence-corrected chi connectivity index (χ2v) is 3.79. The number of ether oxygens (including phenoxy) is 1. The molecule has 0 heterocycles. The fraction of sp³-hybridized carbons (Fsp3) is 0.636. The van der Waals surface area contributed by atoms with E-state index in [4.69, 9.17) is 6.57 Å². The molecule has 3 atom stereocenters. The molecular formula is C11H17N3O4. The molecule has 0 fully saturated rings. The highest BCUT2D eigenvalue weighted by molar-refractivity contribution is 5.91. The Morgan fingerprint density at radius 3 is 2.00 bits per heavy atom. The highest BCUT2D eigenvalue weighted by atomic mass is 16.5. The van der Waals surface area contributed by atoms with Crippen molar-refractivity contribution in [3.63, 3.8) is 0 Å². The van der Waals surface area contributed by atoms with Crippen LogP contribution in [0.3, 0.4) is 0 Å². The summed E-state index contributed by atoms with van der Waals surface area (Å²) < 4.78 is 4.45. The van der Waals surface area contributed by atoms with Crippen LogP contribution in [0.25, 0.3) is 4.85 Å². The quantitative estimate of drug-likeness (QED) is 0.511. The normalized spacial score (nSPS) is 14.6. The minimum atomic E-state index is -0.849. The Balaban J connectivity index is 4.32. The molecule has 0 aromatic carbocycles. The molecule has 0 unspecified atom stereocenters. The lowest BCUT2D eigenvalue weighted by Gasteiger charge is -2.16. The molecule has 0 aliphatic carbocycles. The van der Waals surface area contributed by atoms with Gasteiger partial charge in [-0.3, -0.25) is 9.59 Å². The van der Waals surface area contributed by atoms with Gasteiger partial charge in [-0.2, -0.15) is 0 Å². The van der Waals surface area contributed by atoms with E-state index in [1.807, 2.05) is 0 Å². The third-order valence-electron chi connectivity index (χ3n) is 2.24. The van der Waals surface area contributed by atoms with Crippen LogP contribution in [0, 0.1) is 6.57 Å². The van der Waals surface area contributed by atoms with E-state index in [0.717, 1.165) is 0 Å². The van der Waals surface area contributed by atoms with Crippen LogP contribution in [0.15, 0.2) is 0 Å². The topological polar surface area (TPSA) is 88.9 Å². The van der Waals surface area contributed by atoms with Crippen LogP contribution in [0.4, 0.5) is 0 Å². The van der Waals surface area contributed by atoms with Gasteiger partial charge in [0, 0.05) is 6.92 Å². The Bertz CT molecular complexity index is 375. The van der Waals surface area contributed by atoms with E-state index >= 15 is 0 Å². The lowest BCUT2D eigenvalue weighted by molar-refractivity contribution is -0.144. The monoisotopic (exact) mass is 255 g/mol. The molecule has 100 valence electrons. The molecule has 0 aromatic heterocycles. The number of hydrogen-bond acceptors (Lipinski definition) is 4. The number of rotatable bonds is 5. The van der Waals surface area contributed by atoms with E-state index < -0.39 is 35.9 Å². The largest absolute Gasteiger partial charge is 0.467 e. The summed E-state index contributed by atoms with van der Waals surface area (Å²) >= 11 is 0. The number of methoxy groups -OCH3 is 1. The maximum absolute atomic E-state index is 11.6. The van der Waals surface area contributed by atoms with Gasteiger partial charge in [0.1, 0.15) is 12.1 Å². The third-order valence-corrected chi connectivity index (χ3v) is 2.24. The average molecular weight is 255 g/mol. The zero-order valence-corrected chi connectivity index (χ0v) is 10.8. The van der Waals surface area contributed by atoms with Crippen LogP contribution in [0.2, 0.25) is 0 Å². The molecule has 0 aromatic rings. The molecule has 7 nitrogen and oxygen atoms in total. The summed E-state index contributed by atoms with van der Waals surface area (Å²) in [6, 6.07) is -2.47. The smallest absolute Gasteiger partial charge is 0.328 e. The van der Waals surface area contributed by atoms with Crippen LogP contribution < -0.4 is 10.6 Å². The second-order valence-electron chi connectivity index (χ2n) is 3.79. The van der Waals surface area contributed by atoms with Crippen LogP contribution in [-0.4, -0.2) is 43.0 Å². The first-order valence-corrected chi connectivity index (χ1v) is 5.38. The number of esters is 1. The van der Waals surface area contributed by atoms with Gasteiger partial charge in [-0.05, 0) is 13.8 Å². The van der Waals surface area contributed by atoms with Crippen molar-refractivity contribution in [1.29, 1.82) is 0 Å². The maximum atomic E-state index is 11.6. The summed E-state index contributed by atoms with van der Waals surface area (Å²) in [5, 5.41) is 4.76. The summed E-state index contributed by atoms with van der Waals surface area (Å²) in [6.45, 7) is 11.1. The van der Waals surface area contributed by atoms with Gasteiger partial charge < -0.3 is 20.2 Å². The Morgan fingerprint density at radius 2 is 1.56 bits per heavy atom. The number of hydrogen-bond donors (Lipinski definition) is 2. The summed E-state index contributed by atoms with van der Waals surface area (Å²) in [5.74, 6) is -1.62. The molecule has 0 rings (SSSR count). The van der Waals surface area contributed by atoms with Gasteiger partial charge in [0.25, 0.3) is 6.04 Å². The Kier molecular flexibility index (Phi) is 6.42. The van der Waals surface area contributed by atoms with Gasteiger partial charge in [-0.15, -0.1) is 0 Å². The fourth-order valence-electron chi connectivity index (χ4n) is 1.03. The summed E-state index contributed by atoms with van der Waals surface area (Å²) in [5.41, 5.74) is 0. The molecule has 0 aliphatic heterocycles. The van der Waals surface area contributed by atoms with Crippen LogP contribution >= 0.6 is 0 Å². The van der Waals surface area contributed by atoms with E-state index in [0.29, 0.717) is 0 Å². The lowest BCUT2D eigenvalue weighted by atomic mass is 10.2. The number of amides is 2. The van der Waals surface area contributed by atoms with Gasteiger partial charge in [-0.1, -0.05) is 0 Å². The summed E-state index contributed by atoms with van der Waals surface area (Å²) in [7, 11) is 1.22. The van der Waals surface area contributed by atoms with E-state index in [-0.39, 0.29) is 0 Å². The van der Waals surface area contributed by atoms with Crippen molar-refractivity contribution in [3.8, 4) is 0 Å². The maximum Gasteiger partial charge on any atom is 0.328 e. The first kappa shape index (κ1) is 15.9. The fourth-order valence-corrected chi connectivity index (χ4v) is 1.03. The van der Waals surface area contributed by atoms with E-state index in [1.165, 1.54) is 27.9 Å². The van der Waals surface area contributed by atoms with E-state index in [9.17, 15) is 14.4 Å². The highest BCUT2D eigenvalue weighted by Gasteiger charge is 2.24. The van der Waals surface area contributed by atoms with Crippen molar-refractivity contribution >= 4 is 17.8 Å². The van der Waals surface area contributed by atoms with Gasteiger partial charge in [-0.25, -0.2) is 11.4 Å². The molecule has 0 radical (unpaired) electrons. The predicted molar refractivity (Wildman–Crippen MR) is 63.3 cm³/mol. The molecule has 7 heteroatoms. The molecule has 0 aliphatic rings. The lowest BCUT2D eigenvalue weighted by Crippen LogP contribution is -2.50. The minimum absolute atomic E-state index is 0.515. The third kappa shape index (κ3) is 4.82. The summed E-state index contributed by atoms with van der Waals surface area (Å²) in [4.78, 5) is 37.1. The molecule has 2 N–H and O–H groups in total. The van der Waals surface area contributed by atoms with Gasteiger partial charge in [0.2, 0.25) is 5.91 Å². The van der Waals surface area contributed by atoms with Crippen molar-refractivity contribution in [2.45, 2.75) is 38.9 Å². The number of carbonyl (C=O) groups is 3. The van der Waals surface area contributed by atoms with Gasteiger partial charge >= 0.3 is 11.9 Å². The van der Waals surface area contributed by atoms with E-state index in [1.54, 1.807) is 0 Å². The molecule has 0 saturated carbocycles. The van der Waals surface area contributed by atoms with Gasteiger partial charge in [0.05, 0.1) is 7.11 Å². The second kappa shape index (κ2) is 7.27. The minimum Gasteiger partial charge on any atom is -0.467 e. The molecule has 18 heavy (non-hydrogen) atoms. The van der Waals surface area contributed by atoms with Crippen LogP contribution in [-0.2, 0) is 19.1 Å². The van der Waals surface area contributed by atoms with Crippen molar-refractivity contribution < 1.29 is 19.1 Å². The zero-order chi connectivity index (χ0) is 14.3. The molecule has 0 bridgehead atoms. The van der Waals surface area contributed by atoms with E-state index in [2.05, 4.69) is 20.2 Å². The zero-order valence-electron chi connectivity index (χ0n) is 10.8. The number of nitrogens with one attached hydrogen (secondary N) is 2. The Hall–Kier alpha value is -2.10. The molecular weight excluding hydrogens is 238 g/mol. The first-order valence-electron chi connectivity index (χ1n) is 5.38. The number of carbonyl (C=O) groups excluding carboxylic acids is 3. The van der Waals surface area contributed by atoms with Crippen molar-refractivity contribution in [2.24, 2.45) is 0 Å².